The molecule has 0 aliphatic carbocycles. The lowest BCUT2D eigenvalue weighted by atomic mass is 10.2. The van der Waals surface area contributed by atoms with Crippen molar-refractivity contribution in [3.05, 3.63) is 23.5 Å². The molecule has 0 spiro atoms. The van der Waals surface area contributed by atoms with Crippen molar-refractivity contribution in [2.75, 3.05) is 29.9 Å². The van der Waals surface area contributed by atoms with Gasteiger partial charge >= 0.3 is 0 Å². The zero-order chi connectivity index (χ0) is 15.9. The van der Waals surface area contributed by atoms with Crippen molar-refractivity contribution in [2.24, 2.45) is 0 Å². The number of aromatic nitrogens is 1. The first-order valence-corrected chi connectivity index (χ1v) is 8.91. The number of nitrogens with zero attached hydrogens (tertiary/aromatic N) is 1. The van der Waals surface area contributed by atoms with Crippen LogP contribution in [-0.4, -0.2) is 43.9 Å². The molecule has 6 nitrogen and oxygen atoms in total. The number of rotatable bonds is 8. The van der Waals surface area contributed by atoms with Crippen LogP contribution < -0.4 is 10.6 Å². The van der Waals surface area contributed by atoms with Gasteiger partial charge in [0.05, 0.1) is 17.0 Å². The maximum Gasteiger partial charge on any atom is 0.254 e. The van der Waals surface area contributed by atoms with E-state index in [1.807, 2.05) is 19.9 Å². The summed E-state index contributed by atoms with van der Waals surface area (Å²) >= 11 is 0. The molecule has 0 aliphatic heterocycles. The van der Waals surface area contributed by atoms with E-state index >= 15 is 0 Å². The van der Waals surface area contributed by atoms with Crippen LogP contribution >= 0.6 is 0 Å². The second-order valence-electron chi connectivity index (χ2n) is 4.79. The number of anilines is 1. The molecular formula is C14H23N3O3S. The Morgan fingerprint density at radius 3 is 2.62 bits per heavy atom. The van der Waals surface area contributed by atoms with E-state index < -0.39 is 9.84 Å². The quantitative estimate of drug-likeness (QED) is 0.757. The molecule has 0 bridgehead atoms. The van der Waals surface area contributed by atoms with Crippen LogP contribution in [0.5, 0.6) is 0 Å². The Morgan fingerprint density at radius 2 is 2.00 bits per heavy atom. The summed E-state index contributed by atoms with van der Waals surface area (Å²) in [4.78, 5) is 16.3. The third kappa shape index (κ3) is 5.71. The third-order valence-electron chi connectivity index (χ3n) is 2.99. The molecule has 7 heteroatoms. The maximum absolute atomic E-state index is 12.1. The molecule has 1 aromatic heterocycles. The number of carbonyl (C=O) groups is 1. The van der Waals surface area contributed by atoms with Crippen molar-refractivity contribution in [1.29, 1.82) is 0 Å². The Kier molecular flexibility index (Phi) is 6.61. The summed E-state index contributed by atoms with van der Waals surface area (Å²) in [5, 5.41) is 5.81. The first kappa shape index (κ1) is 17.4. The molecule has 0 unspecified atom stereocenters. The molecule has 0 atom stereocenters. The van der Waals surface area contributed by atoms with Gasteiger partial charge in [-0.3, -0.25) is 9.78 Å². The van der Waals surface area contributed by atoms with E-state index in [-0.39, 0.29) is 24.0 Å². The SMILES string of the molecule is CCCNc1cc(C)ncc1C(=O)NCCS(=O)(=O)CC. The molecule has 2 N–H and O–H groups in total. The van der Waals surface area contributed by atoms with Crippen LogP contribution in [0.25, 0.3) is 0 Å². The summed E-state index contributed by atoms with van der Waals surface area (Å²) in [6, 6.07) is 1.81. The van der Waals surface area contributed by atoms with Crippen molar-refractivity contribution >= 4 is 21.4 Å². The first-order valence-electron chi connectivity index (χ1n) is 7.08. The molecule has 21 heavy (non-hydrogen) atoms. The highest BCUT2D eigenvalue weighted by molar-refractivity contribution is 7.91. The van der Waals surface area contributed by atoms with Gasteiger partial charge in [-0.15, -0.1) is 0 Å². The van der Waals surface area contributed by atoms with Crippen molar-refractivity contribution in [2.45, 2.75) is 27.2 Å². The predicted octanol–water partition coefficient (Wildman–Crippen LogP) is 1.38. The molecular weight excluding hydrogens is 290 g/mol. The summed E-state index contributed by atoms with van der Waals surface area (Å²) < 4.78 is 22.8. The number of nitrogens with one attached hydrogen (secondary N) is 2. The summed E-state index contributed by atoms with van der Waals surface area (Å²) in [6.45, 7) is 6.35. The number of sulfone groups is 1. The highest BCUT2D eigenvalue weighted by atomic mass is 32.2. The Bertz CT molecular complexity index is 585. The molecule has 0 saturated carbocycles. The molecule has 118 valence electrons. The zero-order valence-electron chi connectivity index (χ0n) is 12.8. The topological polar surface area (TPSA) is 88.2 Å². The molecule has 1 heterocycles. The molecule has 0 aromatic carbocycles. The van der Waals surface area contributed by atoms with Crippen LogP contribution in [0.1, 0.15) is 36.3 Å². The molecule has 0 radical (unpaired) electrons. The fraction of sp³-hybridized carbons (Fsp3) is 0.571. The second-order valence-corrected chi connectivity index (χ2v) is 7.26. The molecule has 0 aliphatic rings. The molecule has 0 fully saturated rings. The van der Waals surface area contributed by atoms with E-state index in [1.54, 1.807) is 6.92 Å². The molecule has 1 rings (SSSR count). The highest BCUT2D eigenvalue weighted by Gasteiger charge is 2.13. The lowest BCUT2D eigenvalue weighted by Gasteiger charge is -2.12. The summed E-state index contributed by atoms with van der Waals surface area (Å²) in [5.74, 6) is -0.280. The van der Waals surface area contributed by atoms with Gasteiger partial charge in [-0.1, -0.05) is 13.8 Å². The van der Waals surface area contributed by atoms with Crippen molar-refractivity contribution in [3.8, 4) is 0 Å². The first-order chi connectivity index (χ1) is 9.89. The van der Waals surface area contributed by atoms with Gasteiger partial charge in [0.25, 0.3) is 5.91 Å². The average molecular weight is 313 g/mol. The van der Waals surface area contributed by atoms with Gasteiger partial charge in [-0.05, 0) is 19.4 Å². The monoisotopic (exact) mass is 313 g/mol. The number of aryl methyl sites for hydroxylation is 1. The minimum atomic E-state index is -3.07. The number of amides is 1. The van der Waals surface area contributed by atoms with Crippen LogP contribution in [0, 0.1) is 6.92 Å². The smallest absolute Gasteiger partial charge is 0.254 e. The number of pyridine rings is 1. The van der Waals surface area contributed by atoms with Gasteiger partial charge < -0.3 is 10.6 Å². The summed E-state index contributed by atoms with van der Waals surface area (Å²) in [5.41, 5.74) is 1.97. The number of carbonyl (C=O) groups excluding carboxylic acids is 1. The zero-order valence-corrected chi connectivity index (χ0v) is 13.6. The van der Waals surface area contributed by atoms with E-state index in [1.165, 1.54) is 6.20 Å². The average Bonchev–Trinajstić information content (AvgIpc) is 2.44. The van der Waals surface area contributed by atoms with Gasteiger partial charge in [0.2, 0.25) is 0 Å². The van der Waals surface area contributed by atoms with Crippen LogP contribution in [0.2, 0.25) is 0 Å². The summed E-state index contributed by atoms with van der Waals surface area (Å²) in [7, 11) is -3.07. The van der Waals surface area contributed by atoms with Gasteiger partial charge in [-0.2, -0.15) is 0 Å². The second kappa shape index (κ2) is 7.97. The van der Waals surface area contributed by atoms with Gasteiger partial charge in [-0.25, -0.2) is 8.42 Å². The highest BCUT2D eigenvalue weighted by Crippen LogP contribution is 2.15. The van der Waals surface area contributed by atoms with Crippen LogP contribution in [-0.2, 0) is 9.84 Å². The fourth-order valence-electron chi connectivity index (χ4n) is 1.71. The van der Waals surface area contributed by atoms with E-state index in [9.17, 15) is 13.2 Å². The Balaban J connectivity index is 2.73. The largest absolute Gasteiger partial charge is 0.384 e. The van der Waals surface area contributed by atoms with E-state index in [4.69, 9.17) is 0 Å². The minimum Gasteiger partial charge on any atom is -0.384 e. The Hall–Kier alpha value is -1.63. The summed E-state index contributed by atoms with van der Waals surface area (Å²) in [6.07, 6.45) is 2.45. The minimum absolute atomic E-state index is 0.0494. The Labute approximate surface area is 126 Å². The lowest BCUT2D eigenvalue weighted by molar-refractivity contribution is 0.0956. The molecule has 0 saturated heterocycles. The molecule has 1 amide bonds. The van der Waals surface area contributed by atoms with Crippen molar-refractivity contribution < 1.29 is 13.2 Å². The van der Waals surface area contributed by atoms with Crippen molar-refractivity contribution in [1.82, 2.24) is 10.3 Å². The van der Waals surface area contributed by atoms with Crippen molar-refractivity contribution in [3.63, 3.8) is 0 Å². The van der Waals surface area contributed by atoms with E-state index in [2.05, 4.69) is 15.6 Å². The fourth-order valence-corrected chi connectivity index (χ4v) is 2.41. The van der Waals surface area contributed by atoms with E-state index in [0.717, 1.165) is 24.3 Å². The number of hydrogen-bond acceptors (Lipinski definition) is 5. The predicted molar refractivity (Wildman–Crippen MR) is 84.4 cm³/mol. The van der Waals surface area contributed by atoms with E-state index in [0.29, 0.717) is 5.56 Å². The number of hydrogen-bond donors (Lipinski definition) is 2. The van der Waals surface area contributed by atoms with Gasteiger partial charge in [0, 0.05) is 30.7 Å². The van der Waals surface area contributed by atoms with Crippen LogP contribution in [0.3, 0.4) is 0 Å². The van der Waals surface area contributed by atoms with Gasteiger partial charge in [0.1, 0.15) is 0 Å². The third-order valence-corrected chi connectivity index (χ3v) is 4.69. The normalized spacial score (nSPS) is 11.2. The Morgan fingerprint density at radius 1 is 1.29 bits per heavy atom. The maximum atomic E-state index is 12.1. The van der Waals surface area contributed by atoms with Gasteiger partial charge in [0.15, 0.2) is 9.84 Å². The molecule has 1 aromatic rings. The standard InChI is InChI=1S/C14H23N3O3S/c1-4-6-15-13-9-11(3)17-10-12(13)14(18)16-7-8-21(19,20)5-2/h9-10H,4-8H2,1-3H3,(H,15,17)(H,16,18). The van der Waals surface area contributed by atoms with Crippen LogP contribution in [0.4, 0.5) is 5.69 Å². The van der Waals surface area contributed by atoms with Crippen LogP contribution in [0.15, 0.2) is 12.3 Å². The lowest BCUT2D eigenvalue weighted by Crippen LogP contribution is -2.30.